The molecule has 6 nitrogen and oxygen atoms in total. The molecule has 0 aliphatic rings. The minimum absolute atomic E-state index is 0.170. The van der Waals surface area contributed by atoms with Crippen molar-refractivity contribution in [2.45, 2.75) is 210 Å². The molecule has 2 N–H and O–H groups in total. The summed E-state index contributed by atoms with van der Waals surface area (Å²) in [5, 5.41) is 24.0. The normalized spacial score (nSPS) is 13.1. The summed E-state index contributed by atoms with van der Waals surface area (Å²) in [4.78, 5) is 15.3. The average Bonchev–Trinajstić information content (AvgIpc) is 3.75. The van der Waals surface area contributed by atoms with Crippen molar-refractivity contribution >= 4 is 5.57 Å². The van der Waals surface area contributed by atoms with Gasteiger partial charge in [-0.1, -0.05) is 182 Å². The van der Waals surface area contributed by atoms with Crippen molar-refractivity contribution in [1.29, 1.82) is 0 Å². The minimum Gasteiger partial charge on any atom is -0.507 e. The lowest BCUT2D eigenvalue weighted by atomic mass is 9.86. The van der Waals surface area contributed by atoms with Crippen LogP contribution >= 0.6 is 0 Å². The van der Waals surface area contributed by atoms with E-state index in [0.717, 1.165) is 60.2 Å². The summed E-state index contributed by atoms with van der Waals surface area (Å²) in [6, 6.07) is 12.4. The topological polar surface area (TPSA) is 84.1 Å². The number of phenolic OH excluding ortho intramolecular Hbond substituents is 2. The predicted octanol–water partition coefficient (Wildman–Crippen LogP) is 16.8. The Bertz CT molecular complexity index is 1930. The molecule has 2 aromatic carbocycles. The van der Waals surface area contributed by atoms with Gasteiger partial charge in [-0.25, -0.2) is 15.0 Å². The molecule has 342 valence electrons. The predicted molar refractivity (Wildman–Crippen MR) is 266 cm³/mol. The van der Waals surface area contributed by atoms with Gasteiger partial charge < -0.3 is 14.8 Å². The van der Waals surface area contributed by atoms with E-state index in [2.05, 4.69) is 83.2 Å². The first kappa shape index (κ1) is 50.7. The highest BCUT2D eigenvalue weighted by Crippen LogP contribution is 2.40. The fraction of sp³-hybridized carbons (Fsp3) is 0.625. The minimum atomic E-state index is 0.170. The Kier molecular flexibility index (Phi) is 22.3. The number of nitrogens with zero attached hydrogens (tertiary/aromatic N) is 4. The molecule has 3 unspecified atom stereocenters. The first-order valence-corrected chi connectivity index (χ1v) is 25.3. The first-order chi connectivity index (χ1) is 30.1. The summed E-state index contributed by atoms with van der Waals surface area (Å²) in [6.45, 7) is 23.1. The molecular formula is C56H86N4O2. The fourth-order valence-electron chi connectivity index (χ4n) is 9.46. The third kappa shape index (κ3) is 14.8. The number of allylic oxidation sites excluding steroid dienone is 1. The highest BCUT2D eigenvalue weighted by Gasteiger charge is 2.23. The van der Waals surface area contributed by atoms with Crippen LogP contribution < -0.4 is 0 Å². The molecule has 2 aromatic heterocycles. The van der Waals surface area contributed by atoms with Gasteiger partial charge >= 0.3 is 0 Å². The molecule has 2 heterocycles. The van der Waals surface area contributed by atoms with Gasteiger partial charge in [-0.15, -0.1) is 0 Å². The van der Waals surface area contributed by atoms with Crippen LogP contribution in [-0.2, 0) is 13.0 Å². The molecule has 4 aromatic rings. The second-order valence-electron chi connectivity index (χ2n) is 18.7. The smallest absolute Gasteiger partial charge is 0.180 e. The standard InChI is InChI=1S/C56H86N4O2/c1-10-16-21-23-29-45(27-19-13-4)32-33-47-34-35-49(52(61)42(47)8)54-57-55(59-56(58-54)51-31-25-38-60(51)40-44(15-6)26-18-12-3)50-37-36-48(43(9)53(50)62)41(7)39-46(28-20-14-5)30-24-22-17-11-2/h25,31,34-38,44-46,61-62H,7,10-24,26-30,32-33,39-40H2,1-6,8-9H3. The number of benzene rings is 2. The van der Waals surface area contributed by atoms with Crippen molar-refractivity contribution in [2.24, 2.45) is 17.8 Å². The quantitative estimate of drug-likeness (QED) is 0.0493. The maximum atomic E-state index is 12.0. The molecule has 0 bridgehead atoms. The average molecular weight is 847 g/mol. The number of phenols is 2. The zero-order chi connectivity index (χ0) is 44.9. The Morgan fingerprint density at radius 2 is 1.08 bits per heavy atom. The van der Waals surface area contributed by atoms with E-state index >= 15 is 0 Å². The van der Waals surface area contributed by atoms with Gasteiger partial charge in [0.25, 0.3) is 0 Å². The van der Waals surface area contributed by atoms with E-state index in [9.17, 15) is 10.2 Å². The van der Waals surface area contributed by atoms with Gasteiger partial charge in [0.1, 0.15) is 11.5 Å². The summed E-state index contributed by atoms with van der Waals surface area (Å²) in [5.74, 6) is 3.59. The Morgan fingerprint density at radius 3 is 1.68 bits per heavy atom. The highest BCUT2D eigenvalue weighted by atomic mass is 16.3. The number of aromatic nitrogens is 4. The van der Waals surface area contributed by atoms with Gasteiger partial charge in [-0.05, 0) is 109 Å². The van der Waals surface area contributed by atoms with Gasteiger partial charge in [0.15, 0.2) is 17.5 Å². The van der Waals surface area contributed by atoms with Crippen LogP contribution in [0.4, 0.5) is 0 Å². The molecule has 62 heavy (non-hydrogen) atoms. The molecular weight excluding hydrogens is 761 g/mol. The Morgan fingerprint density at radius 1 is 0.565 bits per heavy atom. The van der Waals surface area contributed by atoms with E-state index in [1.807, 2.05) is 26.0 Å². The highest BCUT2D eigenvalue weighted by molar-refractivity contribution is 5.77. The molecule has 0 saturated heterocycles. The van der Waals surface area contributed by atoms with Crippen molar-refractivity contribution in [1.82, 2.24) is 19.5 Å². The number of aromatic hydroxyl groups is 2. The van der Waals surface area contributed by atoms with E-state index in [0.29, 0.717) is 46.4 Å². The van der Waals surface area contributed by atoms with E-state index < -0.39 is 0 Å². The van der Waals surface area contributed by atoms with Crippen LogP contribution in [0.1, 0.15) is 205 Å². The molecule has 0 radical (unpaired) electrons. The summed E-state index contributed by atoms with van der Waals surface area (Å²) in [7, 11) is 0. The van der Waals surface area contributed by atoms with E-state index in [1.165, 1.54) is 128 Å². The van der Waals surface area contributed by atoms with Crippen molar-refractivity contribution in [2.75, 3.05) is 0 Å². The first-order valence-electron chi connectivity index (χ1n) is 25.3. The second-order valence-corrected chi connectivity index (χ2v) is 18.7. The third-order valence-electron chi connectivity index (χ3n) is 13.7. The van der Waals surface area contributed by atoms with E-state index in [1.54, 1.807) is 0 Å². The zero-order valence-corrected chi connectivity index (χ0v) is 40.6. The van der Waals surface area contributed by atoms with Crippen molar-refractivity contribution in [3.05, 3.63) is 71.4 Å². The molecule has 3 atom stereocenters. The number of unbranched alkanes of at least 4 members (excludes halogenated alkanes) is 9. The lowest BCUT2D eigenvalue weighted by Gasteiger charge is -2.20. The second kappa shape index (κ2) is 27.3. The number of rotatable bonds is 31. The SMILES string of the molecule is C=C(CC(CCCC)CCCCCC)c1ccc(-c2nc(-c3ccc(CCC(CCCC)CCCCCC)c(C)c3O)nc(-c3cccn3CC(CC)CCCC)n2)c(O)c1C. The van der Waals surface area contributed by atoms with Crippen LogP contribution in [0.2, 0.25) is 0 Å². The molecule has 0 fully saturated rings. The largest absolute Gasteiger partial charge is 0.507 e. The van der Waals surface area contributed by atoms with E-state index in [-0.39, 0.29) is 11.5 Å². The van der Waals surface area contributed by atoms with Gasteiger partial charge in [-0.3, -0.25) is 0 Å². The summed E-state index contributed by atoms with van der Waals surface area (Å²) >= 11 is 0. The monoisotopic (exact) mass is 847 g/mol. The lowest BCUT2D eigenvalue weighted by molar-refractivity contribution is 0.387. The van der Waals surface area contributed by atoms with Crippen LogP contribution in [0.5, 0.6) is 11.5 Å². The van der Waals surface area contributed by atoms with Gasteiger partial charge in [-0.2, -0.15) is 0 Å². The molecule has 6 heteroatoms. The number of hydrogen-bond acceptors (Lipinski definition) is 5. The Balaban J connectivity index is 1.74. The maximum absolute atomic E-state index is 12.0. The van der Waals surface area contributed by atoms with Gasteiger partial charge in [0, 0.05) is 12.7 Å². The third-order valence-corrected chi connectivity index (χ3v) is 13.7. The molecule has 4 rings (SSSR count). The zero-order valence-electron chi connectivity index (χ0n) is 40.6. The summed E-state index contributed by atoms with van der Waals surface area (Å²) in [5.41, 5.74) is 7.01. The van der Waals surface area contributed by atoms with Crippen LogP contribution in [-0.4, -0.2) is 29.7 Å². The van der Waals surface area contributed by atoms with Crippen LogP contribution in [0, 0.1) is 31.6 Å². The van der Waals surface area contributed by atoms with Crippen LogP contribution in [0.15, 0.2) is 49.2 Å². The van der Waals surface area contributed by atoms with Gasteiger partial charge in [0.05, 0.1) is 16.8 Å². The van der Waals surface area contributed by atoms with Crippen LogP contribution in [0.3, 0.4) is 0 Å². The van der Waals surface area contributed by atoms with Crippen molar-refractivity contribution in [3.8, 4) is 45.8 Å². The Hall–Kier alpha value is -3.93. The fourth-order valence-corrected chi connectivity index (χ4v) is 9.46. The summed E-state index contributed by atoms with van der Waals surface area (Å²) < 4.78 is 2.27. The molecule has 0 saturated carbocycles. The number of aryl methyl sites for hydroxylation is 1. The van der Waals surface area contributed by atoms with Gasteiger partial charge in [0.2, 0.25) is 0 Å². The Labute approximate surface area is 378 Å². The summed E-state index contributed by atoms with van der Waals surface area (Å²) in [6.07, 6.45) is 30.1. The number of hydrogen-bond donors (Lipinski definition) is 2. The maximum Gasteiger partial charge on any atom is 0.180 e. The molecule has 0 spiro atoms. The lowest BCUT2D eigenvalue weighted by Crippen LogP contribution is -2.12. The molecule has 0 aliphatic heterocycles. The van der Waals surface area contributed by atoms with Crippen molar-refractivity contribution in [3.63, 3.8) is 0 Å². The van der Waals surface area contributed by atoms with E-state index in [4.69, 9.17) is 15.0 Å². The molecule has 0 aliphatic carbocycles. The van der Waals surface area contributed by atoms with Crippen LogP contribution in [0.25, 0.3) is 39.9 Å². The molecule has 0 amide bonds. The van der Waals surface area contributed by atoms with Crippen molar-refractivity contribution < 1.29 is 10.2 Å².